The van der Waals surface area contributed by atoms with Crippen molar-refractivity contribution in [2.75, 3.05) is 16.6 Å². The van der Waals surface area contributed by atoms with Gasteiger partial charge in [0.25, 0.3) is 15.9 Å². The van der Waals surface area contributed by atoms with Crippen molar-refractivity contribution in [3.05, 3.63) is 78.4 Å². The molecule has 7 nitrogen and oxygen atoms in total. The van der Waals surface area contributed by atoms with Gasteiger partial charge in [-0.3, -0.25) is 9.52 Å². The van der Waals surface area contributed by atoms with Crippen LogP contribution in [-0.2, 0) is 14.8 Å². The zero-order valence-electron chi connectivity index (χ0n) is 15.8. The Morgan fingerprint density at radius 1 is 0.903 bits per heavy atom. The molecule has 4 rings (SSSR count). The molecule has 1 aliphatic heterocycles. The van der Waals surface area contributed by atoms with Gasteiger partial charge in [0.1, 0.15) is 6.61 Å². The van der Waals surface area contributed by atoms with Gasteiger partial charge in [-0.15, -0.1) is 0 Å². The Labute approximate surface area is 176 Å². The van der Waals surface area contributed by atoms with E-state index in [1.54, 1.807) is 24.3 Å². The van der Waals surface area contributed by atoms with E-state index in [1.165, 1.54) is 24.3 Å². The first kappa shape index (κ1) is 20.6. The van der Waals surface area contributed by atoms with Crippen LogP contribution in [0, 0.1) is 11.6 Å². The van der Waals surface area contributed by atoms with Gasteiger partial charge in [0.05, 0.1) is 4.90 Å². The molecule has 1 heterocycles. The largest absolute Gasteiger partial charge is 0.485 e. The summed E-state index contributed by atoms with van der Waals surface area (Å²) in [5.74, 6) is -1.81. The summed E-state index contributed by atoms with van der Waals surface area (Å²) in [7, 11) is -4.11. The number of hydrogen-bond donors (Lipinski definition) is 2. The number of fused-ring (bicyclic) bond motifs is 1. The van der Waals surface area contributed by atoms with E-state index in [0.717, 1.165) is 12.1 Å². The molecule has 0 fully saturated rings. The fourth-order valence-corrected chi connectivity index (χ4v) is 3.92. The Hall–Kier alpha value is -3.66. The number of hydrogen-bond acceptors (Lipinski definition) is 5. The topological polar surface area (TPSA) is 93.7 Å². The highest BCUT2D eigenvalue weighted by Crippen LogP contribution is 2.31. The van der Waals surface area contributed by atoms with E-state index in [4.69, 9.17) is 9.47 Å². The van der Waals surface area contributed by atoms with E-state index < -0.39 is 38.6 Å². The third-order valence-electron chi connectivity index (χ3n) is 4.41. The van der Waals surface area contributed by atoms with E-state index in [9.17, 15) is 22.0 Å². The van der Waals surface area contributed by atoms with Gasteiger partial charge in [-0.2, -0.15) is 0 Å². The first-order valence-electron chi connectivity index (χ1n) is 9.09. The molecular formula is C21H16F2N2O5S. The van der Waals surface area contributed by atoms with Crippen molar-refractivity contribution >= 4 is 27.3 Å². The number of benzene rings is 3. The van der Waals surface area contributed by atoms with Gasteiger partial charge in [0, 0.05) is 11.4 Å². The Balaban J connectivity index is 1.40. The zero-order valence-corrected chi connectivity index (χ0v) is 16.7. The van der Waals surface area contributed by atoms with E-state index >= 15 is 0 Å². The number of nitrogens with one attached hydrogen (secondary N) is 2. The van der Waals surface area contributed by atoms with Crippen molar-refractivity contribution in [1.82, 2.24) is 0 Å². The summed E-state index contributed by atoms with van der Waals surface area (Å²) in [6.45, 7) is 0.0506. The quantitative estimate of drug-likeness (QED) is 0.625. The summed E-state index contributed by atoms with van der Waals surface area (Å²) in [6, 6.07) is 15.1. The fraction of sp³-hybridized carbons (Fsp3) is 0.0952. The average Bonchev–Trinajstić information content (AvgIpc) is 2.76. The second kappa shape index (κ2) is 8.23. The minimum absolute atomic E-state index is 0.0506. The first-order chi connectivity index (χ1) is 14.8. The maximum Gasteiger partial charge on any atom is 0.269 e. The van der Waals surface area contributed by atoms with Gasteiger partial charge in [-0.05, 0) is 54.6 Å². The lowest BCUT2D eigenvalue weighted by atomic mass is 10.2. The number of halogens is 2. The van der Waals surface area contributed by atoms with Gasteiger partial charge in [0.2, 0.25) is 6.10 Å². The molecule has 160 valence electrons. The van der Waals surface area contributed by atoms with Crippen LogP contribution in [0.25, 0.3) is 0 Å². The van der Waals surface area contributed by atoms with Crippen molar-refractivity contribution in [1.29, 1.82) is 0 Å². The second-order valence-corrected chi connectivity index (χ2v) is 8.29. The molecule has 10 heteroatoms. The van der Waals surface area contributed by atoms with Crippen molar-refractivity contribution in [3.8, 4) is 11.5 Å². The number of carbonyl (C=O) groups is 1. The standard InChI is InChI=1S/C21H16F2N2O5S/c22-16-10-9-15(11-17(16)23)31(27,28)25-14-7-5-13(6-8-14)24-21(26)20-12-29-18-3-1-2-4-19(18)30-20/h1-11,20,25H,12H2,(H,24,26). The van der Waals surface area contributed by atoms with Crippen LogP contribution in [0.2, 0.25) is 0 Å². The number of rotatable bonds is 5. The lowest BCUT2D eigenvalue weighted by Crippen LogP contribution is -2.40. The first-order valence-corrected chi connectivity index (χ1v) is 10.6. The SMILES string of the molecule is O=C(Nc1ccc(NS(=O)(=O)c2ccc(F)c(F)c2)cc1)C1COc2ccccc2O1. The molecule has 0 saturated carbocycles. The number of sulfonamides is 1. The van der Waals surface area contributed by atoms with Crippen molar-refractivity contribution in [2.24, 2.45) is 0 Å². The third kappa shape index (κ3) is 4.58. The van der Waals surface area contributed by atoms with Crippen LogP contribution < -0.4 is 19.5 Å². The number of para-hydroxylation sites is 2. The third-order valence-corrected chi connectivity index (χ3v) is 5.79. The molecule has 0 aromatic heterocycles. The highest BCUT2D eigenvalue weighted by Gasteiger charge is 2.27. The number of ether oxygens (including phenoxy) is 2. The zero-order chi connectivity index (χ0) is 22.0. The molecule has 1 unspecified atom stereocenters. The predicted octanol–water partition coefficient (Wildman–Crippen LogP) is 3.54. The van der Waals surface area contributed by atoms with E-state index in [0.29, 0.717) is 23.3 Å². The predicted molar refractivity (Wildman–Crippen MR) is 109 cm³/mol. The monoisotopic (exact) mass is 446 g/mol. The second-order valence-electron chi connectivity index (χ2n) is 6.61. The Kier molecular flexibility index (Phi) is 5.47. The van der Waals surface area contributed by atoms with E-state index in [1.807, 2.05) is 0 Å². The van der Waals surface area contributed by atoms with Gasteiger partial charge >= 0.3 is 0 Å². The molecule has 1 aliphatic rings. The molecule has 0 radical (unpaired) electrons. The average molecular weight is 446 g/mol. The molecular weight excluding hydrogens is 430 g/mol. The number of amides is 1. The maximum absolute atomic E-state index is 13.3. The van der Waals surface area contributed by atoms with E-state index in [-0.39, 0.29) is 12.3 Å². The summed E-state index contributed by atoms with van der Waals surface area (Å²) in [4.78, 5) is 12.0. The van der Waals surface area contributed by atoms with E-state index in [2.05, 4.69) is 10.0 Å². The molecule has 31 heavy (non-hydrogen) atoms. The fourth-order valence-electron chi connectivity index (χ4n) is 2.85. The summed E-state index contributed by atoms with van der Waals surface area (Å²) < 4.78 is 64.4. The minimum atomic E-state index is -4.11. The smallest absolute Gasteiger partial charge is 0.269 e. The maximum atomic E-state index is 13.3. The van der Waals surface area contributed by atoms with Crippen molar-refractivity contribution in [2.45, 2.75) is 11.0 Å². The lowest BCUT2D eigenvalue weighted by Gasteiger charge is -2.25. The summed E-state index contributed by atoms with van der Waals surface area (Å²) in [5.41, 5.74) is 0.581. The summed E-state index contributed by atoms with van der Waals surface area (Å²) in [5, 5.41) is 2.67. The normalized spacial score (nSPS) is 15.2. The highest BCUT2D eigenvalue weighted by atomic mass is 32.2. The van der Waals surface area contributed by atoms with Crippen LogP contribution in [0.4, 0.5) is 20.2 Å². The van der Waals surface area contributed by atoms with Gasteiger partial charge < -0.3 is 14.8 Å². The Morgan fingerprint density at radius 3 is 2.29 bits per heavy atom. The van der Waals surface area contributed by atoms with Gasteiger partial charge in [-0.25, -0.2) is 17.2 Å². The summed E-state index contributed by atoms with van der Waals surface area (Å²) in [6.07, 6.45) is -0.846. The number of carbonyl (C=O) groups excluding carboxylic acids is 1. The molecule has 0 bridgehead atoms. The molecule has 1 atom stereocenters. The van der Waals surface area contributed by atoms with Gasteiger partial charge in [0.15, 0.2) is 23.1 Å². The van der Waals surface area contributed by atoms with Crippen LogP contribution in [0.5, 0.6) is 11.5 Å². The van der Waals surface area contributed by atoms with Crippen LogP contribution in [-0.4, -0.2) is 27.0 Å². The van der Waals surface area contributed by atoms with Crippen LogP contribution >= 0.6 is 0 Å². The molecule has 0 aliphatic carbocycles. The minimum Gasteiger partial charge on any atom is -0.485 e. The van der Waals surface area contributed by atoms with Crippen LogP contribution in [0.3, 0.4) is 0 Å². The highest BCUT2D eigenvalue weighted by molar-refractivity contribution is 7.92. The van der Waals surface area contributed by atoms with Crippen LogP contribution in [0.15, 0.2) is 71.6 Å². The molecule has 2 N–H and O–H groups in total. The molecule has 0 spiro atoms. The van der Waals surface area contributed by atoms with Crippen molar-refractivity contribution < 1.29 is 31.5 Å². The Bertz CT molecular complexity index is 1230. The number of anilines is 2. The van der Waals surface area contributed by atoms with Crippen LogP contribution in [0.1, 0.15) is 0 Å². The Morgan fingerprint density at radius 2 is 1.58 bits per heavy atom. The van der Waals surface area contributed by atoms with Crippen molar-refractivity contribution in [3.63, 3.8) is 0 Å². The summed E-state index contributed by atoms with van der Waals surface area (Å²) >= 11 is 0. The molecule has 1 amide bonds. The molecule has 0 saturated heterocycles. The lowest BCUT2D eigenvalue weighted by molar-refractivity contribution is -0.125. The molecule has 3 aromatic carbocycles. The van der Waals surface area contributed by atoms with Gasteiger partial charge in [-0.1, -0.05) is 12.1 Å². The molecule has 3 aromatic rings.